The number of hydrogen-bond acceptors (Lipinski definition) is 6. The molecular weight excluding hydrogens is 266 g/mol. The van der Waals surface area contributed by atoms with E-state index in [2.05, 4.69) is 5.32 Å². The molecule has 21 heavy (non-hydrogen) atoms. The van der Waals surface area contributed by atoms with Crippen molar-refractivity contribution < 1.29 is 5.21 Å². The summed E-state index contributed by atoms with van der Waals surface area (Å²) >= 11 is 0. The molecule has 0 heterocycles. The smallest absolute Gasteiger partial charge is 0.0883 e. The fourth-order valence-corrected chi connectivity index (χ4v) is 2.02. The summed E-state index contributed by atoms with van der Waals surface area (Å²) in [5.41, 5.74) is 21.7. The Labute approximate surface area is 124 Å². The Balaban J connectivity index is 2.15. The molecule has 0 unspecified atom stereocenters. The van der Waals surface area contributed by atoms with Gasteiger partial charge in [-0.1, -0.05) is 0 Å². The first-order valence-electron chi connectivity index (χ1n) is 6.75. The molecule has 0 aliphatic carbocycles. The van der Waals surface area contributed by atoms with Crippen LogP contribution < -0.4 is 27.6 Å². The SMILES string of the molecule is CCN(O)c1cc(NCc2cc(N)ccc2N)ccc1N. The molecule has 0 bridgehead atoms. The van der Waals surface area contributed by atoms with Crippen LogP contribution in [0.5, 0.6) is 0 Å². The summed E-state index contributed by atoms with van der Waals surface area (Å²) in [5.74, 6) is 0. The number of nitrogens with one attached hydrogen (secondary N) is 1. The van der Waals surface area contributed by atoms with Crippen molar-refractivity contribution in [2.75, 3.05) is 34.1 Å². The van der Waals surface area contributed by atoms with Crippen LogP contribution in [0.15, 0.2) is 36.4 Å². The van der Waals surface area contributed by atoms with Crippen molar-refractivity contribution in [3.63, 3.8) is 0 Å². The van der Waals surface area contributed by atoms with E-state index in [-0.39, 0.29) is 0 Å². The summed E-state index contributed by atoms with van der Waals surface area (Å²) in [6.45, 7) is 2.83. The van der Waals surface area contributed by atoms with Crippen LogP contribution in [0.25, 0.3) is 0 Å². The van der Waals surface area contributed by atoms with Gasteiger partial charge in [0, 0.05) is 30.2 Å². The van der Waals surface area contributed by atoms with E-state index in [1.165, 1.54) is 0 Å². The fraction of sp³-hybridized carbons (Fsp3) is 0.200. The van der Waals surface area contributed by atoms with Gasteiger partial charge in [-0.25, -0.2) is 0 Å². The second kappa shape index (κ2) is 6.23. The highest BCUT2D eigenvalue weighted by Gasteiger charge is 2.07. The zero-order chi connectivity index (χ0) is 15.4. The summed E-state index contributed by atoms with van der Waals surface area (Å²) in [6.07, 6.45) is 0. The predicted molar refractivity (Wildman–Crippen MR) is 88.3 cm³/mol. The standard InChI is InChI=1S/C15H21N5O/c1-2-20(21)15-8-12(4-6-14(15)18)19-9-10-7-11(16)3-5-13(10)17/h3-8,19,21H,2,9,16-18H2,1H3. The highest BCUT2D eigenvalue weighted by Crippen LogP contribution is 2.26. The van der Waals surface area contributed by atoms with Crippen molar-refractivity contribution in [3.8, 4) is 0 Å². The molecule has 2 aromatic rings. The molecule has 0 saturated heterocycles. The number of anilines is 5. The average Bonchev–Trinajstić information content (AvgIpc) is 2.48. The molecule has 8 N–H and O–H groups in total. The van der Waals surface area contributed by atoms with Crippen LogP contribution in [0, 0.1) is 0 Å². The zero-order valence-electron chi connectivity index (χ0n) is 12.0. The van der Waals surface area contributed by atoms with Crippen LogP contribution in [-0.4, -0.2) is 11.8 Å². The molecular formula is C15H21N5O. The van der Waals surface area contributed by atoms with Gasteiger partial charge in [0.1, 0.15) is 0 Å². The molecule has 0 radical (unpaired) electrons. The van der Waals surface area contributed by atoms with E-state index in [9.17, 15) is 5.21 Å². The van der Waals surface area contributed by atoms with Crippen LogP contribution in [0.2, 0.25) is 0 Å². The average molecular weight is 287 g/mol. The highest BCUT2D eigenvalue weighted by atomic mass is 16.5. The molecule has 0 saturated carbocycles. The highest BCUT2D eigenvalue weighted by molar-refractivity contribution is 5.72. The predicted octanol–water partition coefficient (Wildman–Crippen LogP) is 2.26. The Morgan fingerprint density at radius 2 is 1.76 bits per heavy atom. The largest absolute Gasteiger partial charge is 0.399 e. The van der Waals surface area contributed by atoms with Crippen molar-refractivity contribution >= 4 is 28.4 Å². The molecule has 2 aromatic carbocycles. The lowest BCUT2D eigenvalue weighted by Gasteiger charge is -2.18. The van der Waals surface area contributed by atoms with E-state index >= 15 is 0 Å². The molecule has 0 aliphatic rings. The molecule has 0 fully saturated rings. The Morgan fingerprint density at radius 3 is 2.48 bits per heavy atom. The second-order valence-corrected chi connectivity index (χ2v) is 4.80. The van der Waals surface area contributed by atoms with Crippen molar-refractivity contribution in [3.05, 3.63) is 42.0 Å². The number of rotatable bonds is 5. The van der Waals surface area contributed by atoms with Crippen molar-refractivity contribution in [2.24, 2.45) is 0 Å². The van der Waals surface area contributed by atoms with Crippen LogP contribution in [0.1, 0.15) is 12.5 Å². The van der Waals surface area contributed by atoms with Crippen LogP contribution in [0.4, 0.5) is 28.4 Å². The third-order valence-electron chi connectivity index (χ3n) is 3.26. The van der Waals surface area contributed by atoms with Gasteiger partial charge in [0.25, 0.3) is 0 Å². The molecule has 0 amide bonds. The van der Waals surface area contributed by atoms with Gasteiger partial charge in [0.05, 0.1) is 11.4 Å². The minimum atomic E-state index is 0.454. The number of hydrogen-bond donors (Lipinski definition) is 5. The van der Waals surface area contributed by atoms with E-state index in [0.717, 1.165) is 16.3 Å². The maximum absolute atomic E-state index is 9.79. The van der Waals surface area contributed by atoms with Gasteiger partial charge >= 0.3 is 0 Å². The molecule has 0 spiro atoms. The Morgan fingerprint density at radius 1 is 1.05 bits per heavy atom. The minimum Gasteiger partial charge on any atom is -0.399 e. The lowest BCUT2D eigenvalue weighted by atomic mass is 10.1. The fourth-order valence-electron chi connectivity index (χ4n) is 2.02. The molecule has 6 heteroatoms. The minimum absolute atomic E-state index is 0.454. The number of nitrogens with zero attached hydrogens (tertiary/aromatic N) is 1. The third-order valence-corrected chi connectivity index (χ3v) is 3.26. The summed E-state index contributed by atoms with van der Waals surface area (Å²) in [4.78, 5) is 0. The Kier molecular flexibility index (Phi) is 4.39. The first-order valence-corrected chi connectivity index (χ1v) is 6.75. The number of nitrogen functional groups attached to an aromatic ring is 3. The van der Waals surface area contributed by atoms with Gasteiger partial charge < -0.3 is 22.5 Å². The van der Waals surface area contributed by atoms with E-state index in [0.29, 0.717) is 35.8 Å². The number of benzene rings is 2. The third kappa shape index (κ3) is 3.49. The van der Waals surface area contributed by atoms with Gasteiger partial charge in [0.15, 0.2) is 0 Å². The van der Waals surface area contributed by atoms with Gasteiger partial charge in [0.2, 0.25) is 0 Å². The maximum atomic E-state index is 9.79. The van der Waals surface area contributed by atoms with Crippen molar-refractivity contribution in [2.45, 2.75) is 13.5 Å². The van der Waals surface area contributed by atoms with E-state index in [1.807, 2.05) is 19.1 Å². The summed E-state index contributed by atoms with van der Waals surface area (Å²) in [7, 11) is 0. The zero-order valence-corrected chi connectivity index (χ0v) is 12.0. The number of nitrogens with two attached hydrogens (primary N) is 3. The number of hydroxylamine groups is 1. The van der Waals surface area contributed by atoms with E-state index < -0.39 is 0 Å². The van der Waals surface area contributed by atoms with Crippen molar-refractivity contribution in [1.29, 1.82) is 0 Å². The first kappa shape index (κ1) is 14.8. The lowest BCUT2D eigenvalue weighted by Crippen LogP contribution is -2.18. The Bertz CT molecular complexity index is 629. The first-order chi connectivity index (χ1) is 10.0. The topological polar surface area (TPSA) is 114 Å². The van der Waals surface area contributed by atoms with Crippen LogP contribution >= 0.6 is 0 Å². The maximum Gasteiger partial charge on any atom is 0.0883 e. The molecule has 2 rings (SSSR count). The lowest BCUT2D eigenvalue weighted by molar-refractivity contribution is 0.260. The summed E-state index contributed by atoms with van der Waals surface area (Å²) in [5, 5.41) is 14.1. The Hall–Kier alpha value is -2.60. The molecule has 6 nitrogen and oxygen atoms in total. The quantitative estimate of drug-likeness (QED) is 0.426. The molecule has 112 valence electrons. The normalized spacial score (nSPS) is 10.4. The van der Waals surface area contributed by atoms with E-state index in [1.54, 1.807) is 24.3 Å². The van der Waals surface area contributed by atoms with Crippen molar-refractivity contribution in [1.82, 2.24) is 0 Å². The molecule has 0 aliphatic heterocycles. The van der Waals surface area contributed by atoms with Gasteiger partial charge in [-0.15, -0.1) is 0 Å². The molecule has 0 aromatic heterocycles. The molecule has 0 atom stereocenters. The van der Waals surface area contributed by atoms with Gasteiger partial charge in [-0.2, -0.15) is 0 Å². The summed E-state index contributed by atoms with van der Waals surface area (Å²) < 4.78 is 0. The van der Waals surface area contributed by atoms with E-state index in [4.69, 9.17) is 17.2 Å². The van der Waals surface area contributed by atoms with Crippen LogP contribution in [0.3, 0.4) is 0 Å². The van der Waals surface area contributed by atoms with Crippen LogP contribution in [-0.2, 0) is 6.54 Å². The second-order valence-electron chi connectivity index (χ2n) is 4.80. The van der Waals surface area contributed by atoms with Gasteiger partial charge in [-0.3, -0.25) is 10.3 Å². The summed E-state index contributed by atoms with van der Waals surface area (Å²) in [6, 6.07) is 10.8. The monoisotopic (exact) mass is 287 g/mol. The van der Waals surface area contributed by atoms with Gasteiger partial charge in [-0.05, 0) is 48.9 Å².